The summed E-state index contributed by atoms with van der Waals surface area (Å²) in [5, 5.41) is 7.21. The number of anilines is 1. The molecule has 0 fully saturated rings. The van der Waals surface area contributed by atoms with Crippen molar-refractivity contribution >= 4 is 18.0 Å². The lowest BCUT2D eigenvalue weighted by Gasteiger charge is -2.37. The van der Waals surface area contributed by atoms with Gasteiger partial charge < -0.3 is 5.32 Å². The summed E-state index contributed by atoms with van der Waals surface area (Å²) in [6, 6.07) is 10.2. The van der Waals surface area contributed by atoms with Gasteiger partial charge in [-0.15, -0.1) is 0 Å². The molecular formula is C12H17N5. The average Bonchev–Trinajstić information content (AvgIpc) is 2.41. The third kappa shape index (κ3) is 2.38. The van der Waals surface area contributed by atoms with Crippen molar-refractivity contribution in [1.29, 1.82) is 0 Å². The summed E-state index contributed by atoms with van der Waals surface area (Å²) in [6.45, 7) is 3.56. The molecule has 1 aliphatic rings. The monoisotopic (exact) mass is 231 g/mol. The van der Waals surface area contributed by atoms with Crippen LogP contribution in [0.15, 0.2) is 40.3 Å². The molecule has 0 unspecified atom stereocenters. The van der Waals surface area contributed by atoms with E-state index in [1.807, 2.05) is 23.2 Å². The Balaban J connectivity index is 2.27. The predicted octanol–water partition coefficient (Wildman–Crippen LogP) is 1.30. The van der Waals surface area contributed by atoms with E-state index in [4.69, 9.17) is 0 Å². The van der Waals surface area contributed by atoms with Gasteiger partial charge in [0.25, 0.3) is 0 Å². The summed E-state index contributed by atoms with van der Waals surface area (Å²) in [5.41, 5.74) is 1.13. The van der Waals surface area contributed by atoms with Gasteiger partial charge >= 0.3 is 0 Å². The molecule has 1 heterocycles. The van der Waals surface area contributed by atoms with Gasteiger partial charge in [0.2, 0.25) is 5.96 Å². The standard InChI is InChI=1S/C12H17N5/c1-3-16(11-7-5-4-6-8-11)17-10-14-9-15-12(17)13-2/h4-9H,3,10H2,1-2H3,(H,13,14,15). The molecule has 90 valence electrons. The van der Waals surface area contributed by atoms with Gasteiger partial charge in [-0.25, -0.2) is 5.01 Å². The molecule has 0 atom stereocenters. The quantitative estimate of drug-likeness (QED) is 0.853. The molecule has 1 aromatic carbocycles. The first-order valence-corrected chi connectivity index (χ1v) is 5.68. The second kappa shape index (κ2) is 5.34. The summed E-state index contributed by atoms with van der Waals surface area (Å²) in [4.78, 5) is 8.44. The van der Waals surface area contributed by atoms with E-state index in [1.165, 1.54) is 0 Å². The topological polar surface area (TPSA) is 43.2 Å². The molecule has 0 radical (unpaired) electrons. The predicted molar refractivity (Wildman–Crippen MR) is 71.2 cm³/mol. The molecule has 0 aliphatic carbocycles. The third-order valence-electron chi connectivity index (χ3n) is 2.60. The van der Waals surface area contributed by atoms with Crippen molar-refractivity contribution in [2.75, 3.05) is 25.3 Å². The maximum absolute atomic E-state index is 4.22. The van der Waals surface area contributed by atoms with Crippen molar-refractivity contribution in [1.82, 2.24) is 10.3 Å². The van der Waals surface area contributed by atoms with Crippen LogP contribution in [0.1, 0.15) is 6.92 Å². The van der Waals surface area contributed by atoms with E-state index >= 15 is 0 Å². The minimum Gasteiger partial charge on any atom is -0.316 e. The van der Waals surface area contributed by atoms with Crippen molar-refractivity contribution in [3.63, 3.8) is 0 Å². The third-order valence-corrected chi connectivity index (χ3v) is 2.60. The minimum absolute atomic E-state index is 0.586. The summed E-state index contributed by atoms with van der Waals surface area (Å²) in [7, 11) is 1.77. The number of aliphatic imine (C=N–C) groups is 2. The van der Waals surface area contributed by atoms with E-state index in [0.29, 0.717) is 6.67 Å². The highest BCUT2D eigenvalue weighted by molar-refractivity contribution is 5.92. The van der Waals surface area contributed by atoms with Crippen molar-refractivity contribution < 1.29 is 0 Å². The molecule has 5 heteroatoms. The minimum atomic E-state index is 0.586. The van der Waals surface area contributed by atoms with Crippen molar-refractivity contribution in [3.8, 4) is 0 Å². The maximum atomic E-state index is 4.22. The molecular weight excluding hydrogens is 214 g/mol. The van der Waals surface area contributed by atoms with E-state index < -0.39 is 0 Å². The van der Waals surface area contributed by atoms with Gasteiger partial charge in [0.15, 0.2) is 0 Å². The molecule has 1 aromatic rings. The number of nitrogens with one attached hydrogen (secondary N) is 1. The van der Waals surface area contributed by atoms with Crippen molar-refractivity contribution in [3.05, 3.63) is 30.3 Å². The van der Waals surface area contributed by atoms with Crippen LogP contribution in [0.25, 0.3) is 0 Å². The van der Waals surface area contributed by atoms with Gasteiger partial charge in [-0.2, -0.15) is 0 Å². The zero-order chi connectivity index (χ0) is 12.1. The van der Waals surface area contributed by atoms with Crippen LogP contribution in [-0.4, -0.2) is 37.6 Å². The van der Waals surface area contributed by atoms with Crippen LogP contribution in [0.4, 0.5) is 5.69 Å². The fraction of sp³-hybridized carbons (Fsp3) is 0.333. The highest BCUT2D eigenvalue weighted by Gasteiger charge is 2.19. The zero-order valence-electron chi connectivity index (χ0n) is 10.2. The van der Waals surface area contributed by atoms with Crippen LogP contribution in [0, 0.1) is 0 Å². The van der Waals surface area contributed by atoms with Gasteiger partial charge in [0, 0.05) is 13.6 Å². The second-order valence-corrected chi connectivity index (χ2v) is 3.60. The number of rotatable bonds is 3. The highest BCUT2D eigenvalue weighted by atomic mass is 15.7. The molecule has 0 bridgehead atoms. The highest BCUT2D eigenvalue weighted by Crippen LogP contribution is 2.16. The number of hydrazine groups is 1. The smallest absolute Gasteiger partial charge is 0.219 e. The molecule has 1 aliphatic heterocycles. The fourth-order valence-corrected chi connectivity index (χ4v) is 1.83. The van der Waals surface area contributed by atoms with Gasteiger partial charge in [-0.3, -0.25) is 15.0 Å². The number of nitrogens with zero attached hydrogens (tertiary/aromatic N) is 4. The van der Waals surface area contributed by atoms with Gasteiger partial charge in [-0.05, 0) is 19.1 Å². The van der Waals surface area contributed by atoms with Crippen LogP contribution >= 0.6 is 0 Å². The Morgan fingerprint density at radius 3 is 2.82 bits per heavy atom. The first-order chi connectivity index (χ1) is 8.36. The van der Waals surface area contributed by atoms with Crippen molar-refractivity contribution in [2.45, 2.75) is 6.92 Å². The number of hydrogen-bond acceptors (Lipinski definition) is 3. The SMILES string of the molecule is CCN(c1ccccc1)N1CN=CNC1=NC. The lowest BCUT2D eigenvalue weighted by molar-refractivity contribution is 0.385. The molecule has 0 amide bonds. The van der Waals surface area contributed by atoms with E-state index in [0.717, 1.165) is 18.2 Å². The number of benzene rings is 1. The molecule has 2 rings (SSSR count). The molecule has 5 nitrogen and oxygen atoms in total. The fourth-order valence-electron chi connectivity index (χ4n) is 1.83. The Kier molecular flexibility index (Phi) is 3.59. The van der Waals surface area contributed by atoms with Gasteiger partial charge in [0.05, 0.1) is 12.0 Å². The number of guanidine groups is 1. The van der Waals surface area contributed by atoms with E-state index in [-0.39, 0.29) is 0 Å². The Morgan fingerprint density at radius 1 is 1.41 bits per heavy atom. The molecule has 0 saturated carbocycles. The average molecular weight is 231 g/mol. The van der Waals surface area contributed by atoms with Crippen LogP contribution in [-0.2, 0) is 0 Å². The largest absolute Gasteiger partial charge is 0.316 e. The summed E-state index contributed by atoms with van der Waals surface area (Å²) in [5.74, 6) is 0.811. The summed E-state index contributed by atoms with van der Waals surface area (Å²) in [6.07, 6.45) is 1.68. The maximum Gasteiger partial charge on any atom is 0.219 e. The number of hydrogen-bond donors (Lipinski definition) is 1. The number of para-hydroxylation sites is 1. The summed E-state index contributed by atoms with van der Waals surface area (Å²) < 4.78 is 0. The Morgan fingerprint density at radius 2 is 2.18 bits per heavy atom. The van der Waals surface area contributed by atoms with E-state index in [2.05, 4.69) is 39.4 Å². The van der Waals surface area contributed by atoms with Crippen molar-refractivity contribution in [2.24, 2.45) is 9.98 Å². The first kappa shape index (κ1) is 11.4. The first-order valence-electron chi connectivity index (χ1n) is 5.68. The van der Waals surface area contributed by atoms with Crippen LogP contribution in [0.5, 0.6) is 0 Å². The molecule has 0 saturated heterocycles. The zero-order valence-corrected chi connectivity index (χ0v) is 10.2. The van der Waals surface area contributed by atoms with Crippen LogP contribution in [0.3, 0.4) is 0 Å². The Bertz CT molecular complexity index is 412. The van der Waals surface area contributed by atoms with Crippen LogP contribution < -0.4 is 10.3 Å². The second-order valence-electron chi connectivity index (χ2n) is 3.60. The molecule has 1 N–H and O–H groups in total. The molecule has 0 spiro atoms. The Hall–Kier alpha value is -2.04. The Labute approximate surface area is 101 Å². The van der Waals surface area contributed by atoms with E-state index in [1.54, 1.807) is 13.4 Å². The van der Waals surface area contributed by atoms with Gasteiger partial charge in [-0.1, -0.05) is 18.2 Å². The normalized spacial score (nSPS) is 17.1. The molecule has 0 aromatic heterocycles. The summed E-state index contributed by atoms with van der Waals surface area (Å²) >= 11 is 0. The molecule has 17 heavy (non-hydrogen) atoms. The lowest BCUT2D eigenvalue weighted by Crippen LogP contribution is -2.54. The van der Waals surface area contributed by atoms with E-state index in [9.17, 15) is 0 Å². The van der Waals surface area contributed by atoms with Crippen LogP contribution in [0.2, 0.25) is 0 Å². The van der Waals surface area contributed by atoms with Gasteiger partial charge in [0.1, 0.15) is 6.67 Å². The lowest BCUT2D eigenvalue weighted by atomic mass is 10.3.